The van der Waals surface area contributed by atoms with Crippen molar-refractivity contribution in [2.24, 2.45) is 17.6 Å². The number of nitrogens with two attached hydrogens (primary N) is 1. The number of primary amides is 1. The zero-order valence-corrected chi connectivity index (χ0v) is 31.1. The Morgan fingerprint density at radius 2 is 1.87 bits per heavy atom. The van der Waals surface area contributed by atoms with E-state index in [1.807, 2.05) is 13.0 Å². The lowest BCUT2D eigenvalue weighted by atomic mass is 10.0. The van der Waals surface area contributed by atoms with Gasteiger partial charge in [-0.1, -0.05) is 49.8 Å². The Morgan fingerprint density at radius 3 is 2.60 bits per heavy atom. The number of rotatable bonds is 18. The fourth-order valence-corrected chi connectivity index (χ4v) is 8.26. The molecule has 2 unspecified atom stereocenters. The number of carbonyl (C=O) groups excluding carboxylic acids is 3. The minimum absolute atomic E-state index is 0.0305. The Morgan fingerprint density at radius 1 is 1.10 bits per heavy atom. The van der Waals surface area contributed by atoms with Crippen LogP contribution in [0.4, 0.5) is 10.1 Å². The maximum absolute atomic E-state index is 14.2. The van der Waals surface area contributed by atoms with Gasteiger partial charge < -0.3 is 25.4 Å². The number of carbonyl (C=O) groups is 3. The first-order chi connectivity index (χ1) is 25.0. The van der Waals surface area contributed by atoms with Crippen molar-refractivity contribution in [3.8, 4) is 11.6 Å². The van der Waals surface area contributed by atoms with Gasteiger partial charge in [-0.3, -0.25) is 19.1 Å². The summed E-state index contributed by atoms with van der Waals surface area (Å²) in [4.78, 5) is 45.2. The summed E-state index contributed by atoms with van der Waals surface area (Å²) in [5, 5.41) is 5.09. The van der Waals surface area contributed by atoms with E-state index in [0.29, 0.717) is 40.1 Å². The number of methoxy groups -OCH3 is 1. The molecule has 0 bridgehead atoms. The molecular formula is C38H47ClFN5O6S. The van der Waals surface area contributed by atoms with Crippen LogP contribution in [-0.2, 0) is 25.4 Å². The van der Waals surface area contributed by atoms with Gasteiger partial charge in [0.15, 0.2) is 0 Å². The molecule has 1 aromatic heterocycles. The van der Waals surface area contributed by atoms with Crippen LogP contribution in [0.2, 0.25) is 5.02 Å². The topological polar surface area (TPSA) is 153 Å². The summed E-state index contributed by atoms with van der Waals surface area (Å²) in [7, 11) is 0.252. The summed E-state index contributed by atoms with van der Waals surface area (Å²) in [6, 6.07) is 9.61. The molecule has 11 nitrogen and oxygen atoms in total. The highest BCUT2D eigenvalue weighted by molar-refractivity contribution is 7.85. The first-order valence-corrected chi connectivity index (χ1v) is 19.6. The number of hydrogen-bond donors (Lipinski definition) is 3. The standard InChI is InChI=1S/C38H47ClFN5O6S/c1-38(15-16-38)52(49)44-35(47)29-17-23(29)9-6-4-3-5-7-12-31(43-26-11-8-10-25(40)19-26)37(48)45-22-27(20-32(45)34(41)46)51-36-30-18-24(39)13-14-28(30)33(50-2)21-42-36/h8,10-11,13-14,18-19,21,23,27,29,31-32,43H,3-7,9,12,15-17,20,22H2,1-2H3,(H2,41,46)(H,44,47)/t23-,27-,29+,31+,32?,52?/m1/s1. The number of anilines is 1. The quantitative estimate of drug-likeness (QED) is 0.133. The number of nitrogens with one attached hydrogen (secondary N) is 2. The van der Waals surface area contributed by atoms with Crippen LogP contribution in [0, 0.1) is 17.7 Å². The normalized spacial score (nSPS) is 22.7. The Bertz CT molecular complexity index is 1830. The summed E-state index contributed by atoms with van der Waals surface area (Å²) in [6.07, 6.45) is 9.80. The molecule has 3 aromatic rings. The lowest BCUT2D eigenvalue weighted by Gasteiger charge is -2.28. The molecule has 3 fully saturated rings. The number of halogens is 2. The van der Waals surface area contributed by atoms with Crippen molar-refractivity contribution in [1.29, 1.82) is 0 Å². The average molecular weight is 756 g/mol. The van der Waals surface area contributed by atoms with Gasteiger partial charge in [0.2, 0.25) is 23.6 Å². The lowest BCUT2D eigenvalue weighted by Crippen LogP contribution is -2.49. The fraction of sp³-hybridized carbons (Fsp3) is 0.526. The molecule has 1 saturated heterocycles. The SMILES string of the molecule is COc1cnc(O[C@@H]2CC(C(N)=O)N(C(=O)[C@H](CCCCCCC[C@@H]3C[C@@H]3C(=O)NS(=O)C3(C)CC3)Nc3cccc(F)c3)C2)c2cc(Cl)ccc12. The Hall–Kier alpha value is -3.97. The number of amides is 3. The van der Waals surface area contributed by atoms with Gasteiger partial charge in [-0.2, -0.15) is 0 Å². The van der Waals surface area contributed by atoms with Crippen LogP contribution in [-0.4, -0.2) is 68.4 Å². The zero-order valence-electron chi connectivity index (χ0n) is 29.6. The van der Waals surface area contributed by atoms with Crippen molar-refractivity contribution in [2.45, 2.75) is 100 Å². The maximum atomic E-state index is 14.2. The van der Waals surface area contributed by atoms with E-state index in [2.05, 4.69) is 15.0 Å². The van der Waals surface area contributed by atoms with E-state index in [4.69, 9.17) is 26.8 Å². The number of unbranched alkanes of at least 4 members (excludes halogenated alkanes) is 4. The number of nitrogens with zero attached hydrogens (tertiary/aromatic N) is 2. The molecule has 1 aliphatic heterocycles. The third kappa shape index (κ3) is 9.14. The molecule has 52 heavy (non-hydrogen) atoms. The second-order valence-electron chi connectivity index (χ2n) is 14.5. The van der Waals surface area contributed by atoms with Crippen LogP contribution >= 0.6 is 11.6 Å². The molecule has 3 amide bonds. The Balaban J connectivity index is 1.03. The minimum atomic E-state index is -1.30. The highest BCUT2D eigenvalue weighted by Gasteiger charge is 2.48. The van der Waals surface area contributed by atoms with Gasteiger partial charge in [0.05, 0.1) is 24.6 Å². The van der Waals surface area contributed by atoms with Gasteiger partial charge in [0.25, 0.3) is 0 Å². The molecule has 280 valence electrons. The van der Waals surface area contributed by atoms with Gasteiger partial charge in [0.1, 0.15) is 40.7 Å². The van der Waals surface area contributed by atoms with Crippen molar-refractivity contribution in [1.82, 2.24) is 14.6 Å². The lowest BCUT2D eigenvalue weighted by molar-refractivity contribution is -0.138. The van der Waals surface area contributed by atoms with Gasteiger partial charge in [-0.25, -0.2) is 13.6 Å². The summed E-state index contributed by atoms with van der Waals surface area (Å²) >= 11 is 6.29. The molecule has 3 aliphatic rings. The van der Waals surface area contributed by atoms with Crippen molar-refractivity contribution in [2.75, 3.05) is 19.0 Å². The van der Waals surface area contributed by atoms with E-state index in [-0.39, 0.29) is 35.4 Å². The molecule has 2 heterocycles. The van der Waals surface area contributed by atoms with Crippen molar-refractivity contribution >= 4 is 56.8 Å². The van der Waals surface area contributed by atoms with Crippen LogP contribution in [0.1, 0.15) is 77.6 Å². The van der Waals surface area contributed by atoms with E-state index in [1.165, 1.54) is 17.0 Å². The molecule has 2 aliphatic carbocycles. The molecule has 6 atom stereocenters. The van der Waals surface area contributed by atoms with Crippen LogP contribution in [0.5, 0.6) is 11.6 Å². The van der Waals surface area contributed by atoms with Gasteiger partial charge >= 0.3 is 0 Å². The second kappa shape index (κ2) is 16.4. The molecule has 2 aromatic carbocycles. The maximum Gasteiger partial charge on any atom is 0.245 e. The van der Waals surface area contributed by atoms with Crippen LogP contribution in [0.15, 0.2) is 48.7 Å². The third-order valence-electron chi connectivity index (χ3n) is 10.5. The number of aromatic nitrogens is 1. The minimum Gasteiger partial charge on any atom is -0.494 e. The number of benzene rings is 2. The van der Waals surface area contributed by atoms with E-state index < -0.39 is 40.9 Å². The molecule has 0 radical (unpaired) electrons. The summed E-state index contributed by atoms with van der Waals surface area (Å²) in [6.45, 7) is 2.05. The largest absolute Gasteiger partial charge is 0.494 e. The third-order valence-corrected chi connectivity index (χ3v) is 12.5. The molecule has 6 rings (SSSR count). The molecule has 0 spiro atoms. The van der Waals surface area contributed by atoms with Crippen molar-refractivity contribution < 1.29 is 32.5 Å². The van der Waals surface area contributed by atoms with Crippen LogP contribution < -0.4 is 25.2 Å². The smallest absolute Gasteiger partial charge is 0.245 e. The Kier molecular flexibility index (Phi) is 11.9. The summed E-state index contributed by atoms with van der Waals surface area (Å²) in [5.41, 5.74) is 6.28. The zero-order chi connectivity index (χ0) is 37.0. The Labute approximate surface area is 311 Å². The molecular weight excluding hydrogens is 709 g/mol. The highest BCUT2D eigenvalue weighted by atomic mass is 35.5. The predicted octanol–water partition coefficient (Wildman–Crippen LogP) is 6.05. The number of pyridine rings is 1. The van der Waals surface area contributed by atoms with Crippen molar-refractivity contribution in [3.05, 3.63) is 59.5 Å². The van der Waals surface area contributed by atoms with E-state index in [1.54, 1.807) is 37.6 Å². The number of likely N-dealkylation sites (tertiary alicyclic amines) is 1. The summed E-state index contributed by atoms with van der Waals surface area (Å²) in [5.74, 6) is -0.288. The van der Waals surface area contributed by atoms with Crippen LogP contribution in [0.3, 0.4) is 0 Å². The van der Waals surface area contributed by atoms with Gasteiger partial charge in [-0.15, -0.1) is 0 Å². The van der Waals surface area contributed by atoms with E-state index in [0.717, 1.165) is 63.2 Å². The van der Waals surface area contributed by atoms with Gasteiger partial charge in [-0.05, 0) is 81.3 Å². The van der Waals surface area contributed by atoms with Crippen LogP contribution in [0.25, 0.3) is 10.8 Å². The fourth-order valence-electron chi connectivity index (χ4n) is 7.04. The molecule has 2 saturated carbocycles. The first kappa shape index (κ1) is 37.8. The van der Waals surface area contributed by atoms with Gasteiger partial charge in [0, 0.05) is 33.8 Å². The van der Waals surface area contributed by atoms with E-state index in [9.17, 15) is 23.0 Å². The number of ether oxygens (including phenoxy) is 2. The molecule has 4 N–H and O–H groups in total. The second-order valence-corrected chi connectivity index (χ2v) is 16.7. The summed E-state index contributed by atoms with van der Waals surface area (Å²) < 4.78 is 40.6. The average Bonchev–Trinajstić information content (AvgIpc) is 4.03. The highest BCUT2D eigenvalue weighted by Crippen LogP contribution is 2.44. The predicted molar refractivity (Wildman–Crippen MR) is 199 cm³/mol. The van der Waals surface area contributed by atoms with E-state index >= 15 is 0 Å². The first-order valence-electron chi connectivity index (χ1n) is 18.1. The molecule has 14 heteroatoms. The monoisotopic (exact) mass is 755 g/mol. The number of fused-ring (bicyclic) bond motifs is 1. The van der Waals surface area contributed by atoms with Crippen molar-refractivity contribution in [3.63, 3.8) is 0 Å². The number of hydrogen-bond acceptors (Lipinski definition) is 8.